The van der Waals surface area contributed by atoms with Gasteiger partial charge in [-0.25, -0.2) is 8.42 Å². The molecule has 0 atom stereocenters. The molecule has 1 heterocycles. The van der Waals surface area contributed by atoms with Gasteiger partial charge in [-0.1, -0.05) is 0 Å². The van der Waals surface area contributed by atoms with Crippen LogP contribution in [0.5, 0.6) is 0 Å². The van der Waals surface area contributed by atoms with Crippen LogP contribution in [0.1, 0.15) is 30.1 Å². The van der Waals surface area contributed by atoms with Crippen molar-refractivity contribution < 1.29 is 18.0 Å². The lowest BCUT2D eigenvalue weighted by Crippen LogP contribution is -2.27. The number of carbonyl (C=O) groups excluding carboxylic acids is 2. The lowest BCUT2D eigenvalue weighted by atomic mass is 10.2. The average molecular weight is 387 g/mol. The summed E-state index contributed by atoms with van der Waals surface area (Å²) in [5, 5.41) is 2.61. The molecule has 1 fully saturated rings. The highest BCUT2D eigenvalue weighted by molar-refractivity contribution is 7.92. The molecule has 0 bridgehead atoms. The number of benzene rings is 2. The third-order valence-electron chi connectivity index (χ3n) is 4.26. The zero-order valence-electron chi connectivity index (χ0n) is 14.9. The van der Waals surface area contributed by atoms with Crippen LogP contribution in [-0.4, -0.2) is 38.2 Å². The Kier molecular flexibility index (Phi) is 5.46. The first-order chi connectivity index (χ1) is 12.8. The molecule has 0 spiro atoms. The molecule has 1 aliphatic rings. The second-order valence-electron chi connectivity index (χ2n) is 6.39. The molecule has 0 unspecified atom stereocenters. The number of amides is 2. The minimum atomic E-state index is -3.77. The van der Waals surface area contributed by atoms with E-state index in [4.69, 9.17) is 0 Å². The van der Waals surface area contributed by atoms with E-state index >= 15 is 0 Å². The van der Waals surface area contributed by atoms with Gasteiger partial charge in [0.05, 0.1) is 4.90 Å². The van der Waals surface area contributed by atoms with Crippen LogP contribution in [0.4, 0.5) is 11.4 Å². The third-order valence-corrected chi connectivity index (χ3v) is 5.66. The molecule has 0 radical (unpaired) electrons. The number of sulfonamides is 1. The molecule has 8 heteroatoms. The largest absolute Gasteiger partial charge is 0.339 e. The van der Waals surface area contributed by atoms with Crippen LogP contribution in [0, 0.1) is 0 Å². The van der Waals surface area contributed by atoms with Gasteiger partial charge in [-0.15, -0.1) is 0 Å². The van der Waals surface area contributed by atoms with Gasteiger partial charge in [-0.3, -0.25) is 14.3 Å². The second kappa shape index (κ2) is 7.79. The first kappa shape index (κ1) is 18.9. The molecular formula is C19H21N3O4S. The zero-order valence-corrected chi connectivity index (χ0v) is 15.8. The van der Waals surface area contributed by atoms with E-state index in [1.807, 2.05) is 0 Å². The van der Waals surface area contributed by atoms with E-state index in [9.17, 15) is 18.0 Å². The molecule has 7 nitrogen and oxygen atoms in total. The standard InChI is InChI=1S/C19H21N3O4S/c1-14(23)20-16-6-8-17(9-7-16)21-27(25,26)18-10-4-15(5-11-18)19(24)22-12-2-3-13-22/h4-11,21H,2-3,12-13H2,1H3,(H,20,23). The van der Waals surface area contributed by atoms with Crippen LogP contribution in [0.2, 0.25) is 0 Å². The van der Waals surface area contributed by atoms with E-state index in [-0.39, 0.29) is 16.7 Å². The molecule has 2 aromatic carbocycles. The van der Waals surface area contributed by atoms with E-state index in [0.717, 1.165) is 25.9 Å². The molecule has 0 aromatic heterocycles. The fourth-order valence-electron chi connectivity index (χ4n) is 2.92. The molecular weight excluding hydrogens is 366 g/mol. The smallest absolute Gasteiger partial charge is 0.261 e. The first-order valence-electron chi connectivity index (χ1n) is 8.65. The highest BCUT2D eigenvalue weighted by Gasteiger charge is 2.20. The van der Waals surface area contributed by atoms with Crippen molar-refractivity contribution in [3.05, 3.63) is 54.1 Å². The lowest BCUT2D eigenvalue weighted by Gasteiger charge is -2.15. The SMILES string of the molecule is CC(=O)Nc1ccc(NS(=O)(=O)c2ccc(C(=O)N3CCCC3)cc2)cc1. The number of nitrogens with zero attached hydrogens (tertiary/aromatic N) is 1. The molecule has 2 amide bonds. The maximum atomic E-state index is 12.5. The number of carbonyl (C=O) groups is 2. The average Bonchev–Trinajstić information content (AvgIpc) is 3.17. The number of anilines is 2. The molecule has 1 saturated heterocycles. The molecule has 0 aliphatic carbocycles. The van der Waals surface area contributed by atoms with E-state index in [1.54, 1.807) is 29.2 Å². The Morgan fingerprint density at radius 3 is 2.00 bits per heavy atom. The Morgan fingerprint density at radius 1 is 0.889 bits per heavy atom. The summed E-state index contributed by atoms with van der Waals surface area (Å²) in [7, 11) is -3.77. The van der Waals surface area contributed by atoms with E-state index in [1.165, 1.54) is 31.2 Å². The fourth-order valence-corrected chi connectivity index (χ4v) is 3.98. The van der Waals surface area contributed by atoms with E-state index in [0.29, 0.717) is 16.9 Å². The fraction of sp³-hybridized carbons (Fsp3) is 0.263. The summed E-state index contributed by atoms with van der Waals surface area (Å²) in [5.41, 5.74) is 1.44. The van der Waals surface area contributed by atoms with Gasteiger partial charge in [-0.05, 0) is 61.4 Å². The molecule has 142 valence electrons. The van der Waals surface area contributed by atoms with Gasteiger partial charge in [0.1, 0.15) is 0 Å². The van der Waals surface area contributed by atoms with Gasteiger partial charge >= 0.3 is 0 Å². The van der Waals surface area contributed by atoms with Gasteiger partial charge in [0.15, 0.2) is 0 Å². The van der Waals surface area contributed by atoms with Gasteiger partial charge < -0.3 is 10.2 Å². The highest BCUT2D eigenvalue weighted by atomic mass is 32.2. The monoisotopic (exact) mass is 387 g/mol. The van der Waals surface area contributed by atoms with Crippen molar-refractivity contribution >= 4 is 33.2 Å². The Hall–Kier alpha value is -2.87. The minimum absolute atomic E-state index is 0.0713. The van der Waals surface area contributed by atoms with Crippen molar-refractivity contribution in [1.82, 2.24) is 4.90 Å². The molecule has 2 N–H and O–H groups in total. The quantitative estimate of drug-likeness (QED) is 0.824. The summed E-state index contributed by atoms with van der Waals surface area (Å²) >= 11 is 0. The number of rotatable bonds is 5. The van der Waals surface area contributed by atoms with Crippen molar-refractivity contribution in [3.8, 4) is 0 Å². The molecule has 2 aromatic rings. The summed E-state index contributed by atoms with van der Waals surface area (Å²) in [5.74, 6) is -0.273. The Morgan fingerprint density at radius 2 is 1.44 bits per heavy atom. The number of hydrogen-bond acceptors (Lipinski definition) is 4. The second-order valence-corrected chi connectivity index (χ2v) is 8.07. The summed E-state index contributed by atoms with van der Waals surface area (Å²) < 4.78 is 27.5. The van der Waals surface area contributed by atoms with Crippen molar-refractivity contribution in [1.29, 1.82) is 0 Å². The predicted octanol–water partition coefficient (Wildman–Crippen LogP) is 2.68. The van der Waals surface area contributed by atoms with E-state index < -0.39 is 10.0 Å². The molecule has 3 rings (SSSR count). The van der Waals surface area contributed by atoms with Crippen LogP contribution in [0.15, 0.2) is 53.4 Å². The van der Waals surface area contributed by atoms with Crippen LogP contribution in [0.25, 0.3) is 0 Å². The Balaban J connectivity index is 1.71. The lowest BCUT2D eigenvalue weighted by molar-refractivity contribution is -0.114. The van der Waals surface area contributed by atoms with Crippen LogP contribution in [0.3, 0.4) is 0 Å². The maximum absolute atomic E-state index is 12.5. The number of likely N-dealkylation sites (tertiary alicyclic amines) is 1. The minimum Gasteiger partial charge on any atom is -0.339 e. The van der Waals surface area contributed by atoms with E-state index in [2.05, 4.69) is 10.0 Å². The summed E-state index contributed by atoms with van der Waals surface area (Å²) in [6.45, 7) is 2.89. The maximum Gasteiger partial charge on any atom is 0.261 e. The molecule has 0 saturated carbocycles. The molecule has 1 aliphatic heterocycles. The van der Waals surface area contributed by atoms with Gasteiger partial charge in [0.2, 0.25) is 5.91 Å². The van der Waals surface area contributed by atoms with Crippen molar-refractivity contribution in [2.24, 2.45) is 0 Å². The van der Waals surface area contributed by atoms with Crippen molar-refractivity contribution in [2.75, 3.05) is 23.1 Å². The Labute approximate surface area is 158 Å². The Bertz CT molecular complexity index is 932. The van der Waals surface area contributed by atoms with Crippen LogP contribution >= 0.6 is 0 Å². The summed E-state index contributed by atoms with van der Waals surface area (Å²) in [6.07, 6.45) is 2.01. The van der Waals surface area contributed by atoms with Crippen molar-refractivity contribution in [3.63, 3.8) is 0 Å². The zero-order chi connectivity index (χ0) is 19.4. The van der Waals surface area contributed by atoms with Crippen LogP contribution in [-0.2, 0) is 14.8 Å². The van der Waals surface area contributed by atoms with Crippen molar-refractivity contribution in [2.45, 2.75) is 24.7 Å². The van der Waals surface area contributed by atoms with Crippen LogP contribution < -0.4 is 10.0 Å². The topological polar surface area (TPSA) is 95.6 Å². The van der Waals surface area contributed by atoms with Gasteiger partial charge in [-0.2, -0.15) is 0 Å². The highest BCUT2D eigenvalue weighted by Crippen LogP contribution is 2.20. The molecule has 27 heavy (non-hydrogen) atoms. The first-order valence-corrected chi connectivity index (χ1v) is 10.1. The number of hydrogen-bond donors (Lipinski definition) is 2. The van der Waals surface area contributed by atoms with Gasteiger partial charge in [0.25, 0.3) is 15.9 Å². The number of nitrogens with one attached hydrogen (secondary N) is 2. The normalized spacial score (nSPS) is 14.0. The summed E-state index contributed by atoms with van der Waals surface area (Å²) in [4.78, 5) is 25.2. The van der Waals surface area contributed by atoms with Gasteiger partial charge in [0, 0.05) is 37.0 Å². The summed E-state index contributed by atoms with van der Waals surface area (Å²) in [6, 6.07) is 12.3. The predicted molar refractivity (Wildman–Crippen MR) is 103 cm³/mol. The third kappa shape index (κ3) is 4.65.